The van der Waals surface area contributed by atoms with Gasteiger partial charge in [-0.2, -0.15) is 0 Å². The zero-order chi connectivity index (χ0) is 12.2. The van der Waals surface area contributed by atoms with Gasteiger partial charge in [0.25, 0.3) is 9.70 Å². The highest BCUT2D eigenvalue weighted by molar-refractivity contribution is 6.76. The van der Waals surface area contributed by atoms with Crippen molar-refractivity contribution >= 4 is 40.7 Å². The monoisotopic (exact) mass is 280 g/mol. The Balaban J connectivity index is 2.52. The van der Waals surface area contributed by atoms with Crippen molar-refractivity contribution in [3.8, 4) is 0 Å². The Labute approximate surface area is 109 Å². The van der Waals surface area contributed by atoms with Gasteiger partial charge in [-0.15, -0.1) is 0 Å². The molecule has 0 atom stereocenters. The number of rotatable bonds is 3. The summed E-state index contributed by atoms with van der Waals surface area (Å²) in [6.45, 7) is 0.804. The number of halogens is 3. The molecule has 16 heavy (non-hydrogen) atoms. The number of carbonyl (C=O) groups is 1. The molecule has 0 heterocycles. The van der Waals surface area contributed by atoms with Gasteiger partial charge >= 0.3 is 0 Å². The summed E-state index contributed by atoms with van der Waals surface area (Å²) in [5.41, 5.74) is 7.40. The summed E-state index contributed by atoms with van der Waals surface area (Å²) in [6, 6.07) is 7.50. The molecule has 3 N–H and O–H groups in total. The lowest BCUT2D eigenvalue weighted by atomic mass is 10.1. The molecule has 0 saturated heterocycles. The Bertz CT molecular complexity index is 359. The summed E-state index contributed by atoms with van der Waals surface area (Å²) < 4.78 is -1.92. The van der Waals surface area contributed by atoms with Crippen molar-refractivity contribution in [1.29, 1.82) is 0 Å². The molecule has 0 radical (unpaired) electrons. The fraction of sp³-hybridized carbons (Fsp3) is 0.300. The molecule has 1 rings (SSSR count). The third kappa shape index (κ3) is 4.18. The van der Waals surface area contributed by atoms with Crippen LogP contribution in [-0.4, -0.2) is 9.70 Å². The quantitative estimate of drug-likeness (QED) is 0.834. The van der Waals surface area contributed by atoms with Crippen LogP contribution < -0.4 is 11.1 Å². The number of hydrogen-bond donors (Lipinski definition) is 2. The molecular formula is C10H11Cl3N2O. The predicted molar refractivity (Wildman–Crippen MR) is 66.5 cm³/mol. The van der Waals surface area contributed by atoms with Crippen molar-refractivity contribution in [2.24, 2.45) is 5.73 Å². The lowest BCUT2D eigenvalue weighted by Crippen LogP contribution is -2.33. The third-order valence-electron chi connectivity index (χ3n) is 1.97. The molecule has 3 nitrogen and oxygen atoms in total. The normalized spacial score (nSPS) is 11.2. The van der Waals surface area contributed by atoms with Crippen molar-refractivity contribution in [3.05, 3.63) is 35.4 Å². The molecular weight excluding hydrogens is 270 g/mol. The van der Waals surface area contributed by atoms with Gasteiger partial charge in [0.1, 0.15) is 0 Å². The fourth-order valence-electron chi connectivity index (χ4n) is 1.08. The summed E-state index contributed by atoms with van der Waals surface area (Å²) in [7, 11) is 0. The van der Waals surface area contributed by atoms with Crippen LogP contribution in [0.15, 0.2) is 24.3 Å². The second kappa shape index (κ2) is 5.73. The minimum atomic E-state index is -1.92. The Morgan fingerprint density at radius 3 is 2.12 bits per heavy atom. The Hall–Kier alpha value is -0.480. The number of amides is 1. The van der Waals surface area contributed by atoms with E-state index in [1.165, 1.54) is 0 Å². The highest BCUT2D eigenvalue weighted by Crippen LogP contribution is 2.25. The lowest BCUT2D eigenvalue weighted by molar-refractivity contribution is -0.120. The average molecular weight is 282 g/mol. The number of hydrogen-bond acceptors (Lipinski definition) is 2. The summed E-state index contributed by atoms with van der Waals surface area (Å²) in [5, 5.41) is 2.51. The topological polar surface area (TPSA) is 55.1 Å². The molecule has 1 aromatic carbocycles. The van der Waals surface area contributed by atoms with Crippen molar-refractivity contribution in [2.75, 3.05) is 0 Å². The second-order valence-corrected chi connectivity index (χ2v) is 5.48. The maximum atomic E-state index is 11.2. The largest absolute Gasteiger partial charge is 0.348 e. The van der Waals surface area contributed by atoms with Crippen LogP contribution in [0.4, 0.5) is 0 Å². The zero-order valence-corrected chi connectivity index (χ0v) is 10.6. The fourth-order valence-corrected chi connectivity index (χ4v) is 1.28. The van der Waals surface area contributed by atoms with Crippen LogP contribution in [0.5, 0.6) is 0 Å². The van der Waals surface area contributed by atoms with E-state index in [2.05, 4.69) is 5.32 Å². The number of carbonyl (C=O) groups excluding carboxylic acids is 1. The van der Waals surface area contributed by atoms with Gasteiger partial charge in [0.2, 0.25) is 0 Å². The first-order valence-corrected chi connectivity index (χ1v) is 5.70. The van der Waals surface area contributed by atoms with Gasteiger partial charge < -0.3 is 11.1 Å². The first-order chi connectivity index (χ1) is 7.43. The summed E-state index contributed by atoms with van der Waals surface area (Å²) >= 11 is 16.2. The summed E-state index contributed by atoms with van der Waals surface area (Å²) in [4.78, 5) is 11.2. The number of nitrogens with two attached hydrogens (primary N) is 1. The van der Waals surface area contributed by atoms with Crippen molar-refractivity contribution in [2.45, 2.75) is 16.9 Å². The van der Waals surface area contributed by atoms with Crippen LogP contribution in [0, 0.1) is 0 Å². The first kappa shape index (κ1) is 13.6. The van der Waals surface area contributed by atoms with Crippen LogP contribution in [0.25, 0.3) is 0 Å². The van der Waals surface area contributed by atoms with Crippen LogP contribution >= 0.6 is 34.8 Å². The Morgan fingerprint density at radius 1 is 1.19 bits per heavy atom. The molecule has 0 bridgehead atoms. The maximum Gasteiger partial charge on any atom is 0.272 e. The van der Waals surface area contributed by atoms with E-state index in [1.807, 2.05) is 24.3 Å². The van der Waals surface area contributed by atoms with E-state index in [-0.39, 0.29) is 0 Å². The molecule has 6 heteroatoms. The molecule has 0 fully saturated rings. The first-order valence-electron chi connectivity index (χ1n) is 4.56. The van der Waals surface area contributed by atoms with E-state index in [4.69, 9.17) is 40.5 Å². The SMILES string of the molecule is NCc1ccc(CNC(=O)C(Cl)(Cl)Cl)cc1. The molecule has 0 aliphatic rings. The van der Waals surface area contributed by atoms with E-state index < -0.39 is 9.70 Å². The van der Waals surface area contributed by atoms with E-state index >= 15 is 0 Å². The molecule has 0 aliphatic carbocycles. The highest BCUT2D eigenvalue weighted by Gasteiger charge is 2.29. The van der Waals surface area contributed by atoms with E-state index in [0.717, 1.165) is 11.1 Å². The van der Waals surface area contributed by atoms with E-state index in [1.54, 1.807) is 0 Å². The molecule has 0 saturated carbocycles. The highest BCUT2D eigenvalue weighted by atomic mass is 35.6. The molecule has 1 aromatic rings. The van der Waals surface area contributed by atoms with Crippen LogP contribution in [-0.2, 0) is 17.9 Å². The summed E-state index contributed by atoms with van der Waals surface area (Å²) in [6.07, 6.45) is 0. The van der Waals surface area contributed by atoms with Crippen molar-refractivity contribution in [1.82, 2.24) is 5.32 Å². The number of benzene rings is 1. The van der Waals surface area contributed by atoms with Crippen LogP contribution in [0.3, 0.4) is 0 Å². The van der Waals surface area contributed by atoms with Gasteiger partial charge in [-0.05, 0) is 11.1 Å². The Morgan fingerprint density at radius 2 is 1.69 bits per heavy atom. The molecule has 0 spiro atoms. The average Bonchev–Trinajstić information content (AvgIpc) is 2.25. The number of nitrogens with one attached hydrogen (secondary N) is 1. The minimum absolute atomic E-state index is 0.317. The smallest absolute Gasteiger partial charge is 0.272 e. The standard InChI is InChI=1S/C10H11Cl3N2O/c11-10(12,13)9(16)15-6-8-3-1-7(5-14)2-4-8/h1-4H,5-6,14H2,(H,15,16). The molecule has 0 aliphatic heterocycles. The van der Waals surface area contributed by atoms with Gasteiger partial charge in [0, 0.05) is 13.1 Å². The van der Waals surface area contributed by atoms with Crippen molar-refractivity contribution < 1.29 is 4.79 Å². The summed E-state index contributed by atoms with van der Waals surface area (Å²) in [5.74, 6) is -0.639. The van der Waals surface area contributed by atoms with Gasteiger partial charge in [-0.1, -0.05) is 59.1 Å². The van der Waals surface area contributed by atoms with Gasteiger partial charge in [0.05, 0.1) is 0 Å². The van der Waals surface area contributed by atoms with Crippen LogP contribution in [0.1, 0.15) is 11.1 Å². The number of alkyl halides is 3. The van der Waals surface area contributed by atoms with Crippen molar-refractivity contribution in [3.63, 3.8) is 0 Å². The zero-order valence-electron chi connectivity index (χ0n) is 8.34. The third-order valence-corrected chi connectivity index (χ3v) is 2.48. The molecule has 88 valence electrons. The van der Waals surface area contributed by atoms with Crippen LogP contribution in [0.2, 0.25) is 0 Å². The Kier molecular flexibility index (Phi) is 4.87. The molecule has 1 amide bonds. The van der Waals surface area contributed by atoms with Gasteiger partial charge in [0.15, 0.2) is 0 Å². The molecule has 0 unspecified atom stereocenters. The lowest BCUT2D eigenvalue weighted by Gasteiger charge is -2.11. The second-order valence-electron chi connectivity index (χ2n) is 3.20. The van der Waals surface area contributed by atoms with Gasteiger partial charge in [-0.25, -0.2) is 0 Å². The van der Waals surface area contributed by atoms with Gasteiger partial charge in [-0.3, -0.25) is 4.79 Å². The van der Waals surface area contributed by atoms with E-state index in [9.17, 15) is 4.79 Å². The minimum Gasteiger partial charge on any atom is -0.348 e. The maximum absolute atomic E-state index is 11.2. The predicted octanol–water partition coefficient (Wildman–Crippen LogP) is 2.13. The van der Waals surface area contributed by atoms with E-state index in [0.29, 0.717) is 13.1 Å². The molecule has 0 aromatic heterocycles.